The Bertz CT molecular complexity index is 1060. The molecular weight excluding hydrogens is 396 g/mol. The van der Waals surface area contributed by atoms with Gasteiger partial charge in [-0.15, -0.1) is 11.3 Å². The second-order valence-electron chi connectivity index (χ2n) is 8.16. The number of hydrogen-bond donors (Lipinski definition) is 1. The molecule has 0 saturated heterocycles. The van der Waals surface area contributed by atoms with Gasteiger partial charge in [-0.1, -0.05) is 19.1 Å². The molecular formula is C25H28O4S. The highest BCUT2D eigenvalue weighted by molar-refractivity contribution is 7.12. The van der Waals surface area contributed by atoms with Gasteiger partial charge in [-0.2, -0.15) is 0 Å². The van der Waals surface area contributed by atoms with Crippen molar-refractivity contribution in [1.29, 1.82) is 0 Å². The Kier molecular flexibility index (Phi) is 6.00. The van der Waals surface area contributed by atoms with Crippen molar-refractivity contribution in [3.63, 3.8) is 0 Å². The average molecular weight is 425 g/mol. The van der Waals surface area contributed by atoms with Gasteiger partial charge >= 0.3 is 5.63 Å². The lowest BCUT2D eigenvalue weighted by Crippen LogP contribution is -2.17. The minimum absolute atomic E-state index is 0.0226. The molecule has 30 heavy (non-hydrogen) atoms. The predicted molar refractivity (Wildman–Crippen MR) is 120 cm³/mol. The van der Waals surface area contributed by atoms with Gasteiger partial charge in [0.1, 0.15) is 17.3 Å². The Balaban J connectivity index is 1.64. The van der Waals surface area contributed by atoms with Gasteiger partial charge in [-0.05, 0) is 68.4 Å². The van der Waals surface area contributed by atoms with E-state index in [9.17, 15) is 9.90 Å². The molecule has 0 bridgehead atoms. The molecule has 0 amide bonds. The largest absolute Gasteiger partial charge is 0.507 e. The molecule has 2 aromatic heterocycles. The molecule has 0 spiro atoms. The Hall–Kier alpha value is -2.53. The minimum atomic E-state index is -0.402. The predicted octanol–water partition coefficient (Wildman–Crippen LogP) is 6.00. The molecule has 0 aliphatic heterocycles. The number of hydrogen-bond acceptors (Lipinski definition) is 5. The monoisotopic (exact) mass is 424 g/mol. The fourth-order valence-electron chi connectivity index (χ4n) is 4.15. The summed E-state index contributed by atoms with van der Waals surface area (Å²) in [5, 5.41) is 10.9. The molecule has 2 heterocycles. The van der Waals surface area contributed by atoms with Crippen molar-refractivity contribution in [1.82, 2.24) is 0 Å². The van der Waals surface area contributed by atoms with Crippen molar-refractivity contribution in [2.45, 2.75) is 51.4 Å². The van der Waals surface area contributed by atoms with Crippen LogP contribution in [0.4, 0.5) is 0 Å². The summed E-state index contributed by atoms with van der Waals surface area (Å²) < 4.78 is 11.0. The number of methoxy groups -OCH3 is 1. The van der Waals surface area contributed by atoms with Crippen LogP contribution in [0, 0.1) is 12.8 Å². The first kappa shape index (κ1) is 20.7. The fourth-order valence-corrected chi connectivity index (χ4v) is 5.23. The van der Waals surface area contributed by atoms with Crippen molar-refractivity contribution in [2.24, 2.45) is 5.92 Å². The summed E-state index contributed by atoms with van der Waals surface area (Å²) in [4.78, 5) is 15.4. The number of benzene rings is 1. The molecule has 2 unspecified atom stereocenters. The van der Waals surface area contributed by atoms with Crippen molar-refractivity contribution in [2.75, 3.05) is 7.11 Å². The van der Waals surface area contributed by atoms with Gasteiger partial charge in [0.15, 0.2) is 0 Å². The highest BCUT2D eigenvalue weighted by Gasteiger charge is 2.38. The quantitative estimate of drug-likeness (QED) is 0.482. The van der Waals surface area contributed by atoms with Gasteiger partial charge in [0.05, 0.1) is 12.7 Å². The number of aryl methyl sites for hydroxylation is 1. The van der Waals surface area contributed by atoms with Crippen LogP contribution in [0.1, 0.15) is 64.7 Å². The van der Waals surface area contributed by atoms with E-state index in [0.717, 1.165) is 41.9 Å². The molecule has 5 heteroatoms. The standard InChI is InChI=1S/C25H28O4S/c1-4-17(13-16-6-10-19(28-3)11-7-16)21-14-20(26)24(25(27)29-21)23(18-8-9-18)22-12-5-15(2)30-22/h5-7,10-12,14,17-18,23,26H,4,8-9,13H2,1-3H3. The Morgan fingerprint density at radius 2 is 1.93 bits per heavy atom. The lowest BCUT2D eigenvalue weighted by Gasteiger charge is -2.18. The molecule has 4 nitrogen and oxygen atoms in total. The van der Waals surface area contributed by atoms with E-state index in [-0.39, 0.29) is 17.6 Å². The molecule has 158 valence electrons. The lowest BCUT2D eigenvalue weighted by atomic mass is 9.90. The van der Waals surface area contributed by atoms with Gasteiger partial charge in [-0.3, -0.25) is 0 Å². The SMILES string of the molecule is CCC(Cc1ccc(OC)cc1)c1cc(O)c(C(c2ccc(C)s2)C2CC2)c(=O)o1. The van der Waals surface area contributed by atoms with Crippen molar-refractivity contribution < 1.29 is 14.3 Å². The number of ether oxygens (including phenoxy) is 1. The maximum absolute atomic E-state index is 13.0. The van der Waals surface area contributed by atoms with Crippen LogP contribution in [-0.4, -0.2) is 12.2 Å². The first-order valence-corrected chi connectivity index (χ1v) is 11.4. The molecule has 2 atom stereocenters. The van der Waals surface area contributed by atoms with Crippen molar-refractivity contribution >= 4 is 11.3 Å². The Labute approximate surface area is 181 Å². The van der Waals surface area contributed by atoms with Crippen LogP contribution < -0.4 is 10.4 Å². The van der Waals surface area contributed by atoms with Crippen LogP contribution in [0.5, 0.6) is 11.5 Å². The smallest absolute Gasteiger partial charge is 0.343 e. The minimum Gasteiger partial charge on any atom is -0.507 e. The molecule has 0 radical (unpaired) electrons. The molecule has 1 aliphatic rings. The van der Waals surface area contributed by atoms with Crippen LogP contribution in [0.15, 0.2) is 51.7 Å². The number of rotatable bonds is 8. The summed E-state index contributed by atoms with van der Waals surface area (Å²) >= 11 is 1.69. The summed E-state index contributed by atoms with van der Waals surface area (Å²) in [6.07, 6.45) is 3.71. The number of thiophene rings is 1. The van der Waals surface area contributed by atoms with Gasteiger partial charge in [0.2, 0.25) is 0 Å². The first-order chi connectivity index (χ1) is 14.5. The van der Waals surface area contributed by atoms with Crippen molar-refractivity contribution in [3.05, 3.63) is 79.5 Å². The van der Waals surface area contributed by atoms with E-state index in [1.165, 1.54) is 4.88 Å². The first-order valence-electron chi connectivity index (χ1n) is 10.6. The molecule has 1 aliphatic carbocycles. The van der Waals surface area contributed by atoms with Gasteiger partial charge in [0.25, 0.3) is 0 Å². The third-order valence-corrected chi connectivity index (χ3v) is 7.08. The molecule has 3 aromatic rings. The van der Waals surface area contributed by atoms with Gasteiger partial charge < -0.3 is 14.3 Å². The van der Waals surface area contributed by atoms with E-state index in [1.807, 2.05) is 24.3 Å². The number of aromatic hydroxyl groups is 1. The average Bonchev–Trinajstić information content (AvgIpc) is 3.49. The van der Waals surface area contributed by atoms with E-state index in [1.54, 1.807) is 24.5 Å². The van der Waals surface area contributed by atoms with E-state index in [0.29, 0.717) is 17.2 Å². The zero-order chi connectivity index (χ0) is 21.3. The second kappa shape index (κ2) is 8.68. The van der Waals surface area contributed by atoms with E-state index < -0.39 is 5.63 Å². The third-order valence-electron chi connectivity index (χ3n) is 5.99. The van der Waals surface area contributed by atoms with Crippen molar-refractivity contribution in [3.8, 4) is 11.5 Å². The second-order valence-corrected chi connectivity index (χ2v) is 9.48. The molecule has 1 aromatic carbocycles. The zero-order valence-electron chi connectivity index (χ0n) is 17.7. The van der Waals surface area contributed by atoms with Gasteiger partial charge in [0, 0.05) is 27.7 Å². The Morgan fingerprint density at radius 3 is 2.47 bits per heavy atom. The third kappa shape index (κ3) is 4.31. The summed E-state index contributed by atoms with van der Waals surface area (Å²) in [6, 6.07) is 13.7. The fraction of sp³-hybridized carbons (Fsp3) is 0.400. The van der Waals surface area contributed by atoms with E-state index >= 15 is 0 Å². The maximum Gasteiger partial charge on any atom is 0.343 e. The summed E-state index contributed by atoms with van der Waals surface area (Å²) in [5.41, 5.74) is 1.15. The normalized spacial score (nSPS) is 15.7. The highest BCUT2D eigenvalue weighted by atomic mass is 32.1. The summed E-state index contributed by atoms with van der Waals surface area (Å²) in [6.45, 7) is 4.13. The van der Waals surface area contributed by atoms with Crippen LogP contribution in [0.25, 0.3) is 0 Å². The lowest BCUT2D eigenvalue weighted by molar-refractivity contribution is 0.380. The Morgan fingerprint density at radius 1 is 1.20 bits per heavy atom. The molecule has 4 rings (SSSR count). The summed E-state index contributed by atoms with van der Waals surface area (Å²) in [7, 11) is 1.65. The van der Waals surface area contributed by atoms with Crippen LogP contribution >= 0.6 is 11.3 Å². The topological polar surface area (TPSA) is 59.7 Å². The summed E-state index contributed by atoms with van der Waals surface area (Å²) in [5.74, 6) is 1.79. The van der Waals surface area contributed by atoms with E-state index in [2.05, 4.69) is 26.0 Å². The molecule has 1 N–H and O–H groups in total. The van der Waals surface area contributed by atoms with Crippen LogP contribution in [-0.2, 0) is 6.42 Å². The molecule has 1 saturated carbocycles. The highest BCUT2D eigenvalue weighted by Crippen LogP contribution is 2.49. The maximum atomic E-state index is 13.0. The van der Waals surface area contributed by atoms with Crippen LogP contribution in [0.2, 0.25) is 0 Å². The zero-order valence-corrected chi connectivity index (χ0v) is 18.5. The van der Waals surface area contributed by atoms with Gasteiger partial charge in [-0.25, -0.2) is 4.79 Å². The van der Waals surface area contributed by atoms with E-state index in [4.69, 9.17) is 9.15 Å². The van der Waals surface area contributed by atoms with Crippen LogP contribution in [0.3, 0.4) is 0 Å². The molecule has 1 fully saturated rings.